The van der Waals surface area contributed by atoms with Gasteiger partial charge in [-0.15, -0.1) is 11.3 Å². The van der Waals surface area contributed by atoms with E-state index in [2.05, 4.69) is 174 Å². The van der Waals surface area contributed by atoms with E-state index in [1.165, 1.54) is 25.7 Å². The van der Waals surface area contributed by atoms with Gasteiger partial charge in [-0.25, -0.2) is 9.97 Å². The molecule has 3 aromatic heterocycles. The number of thiophene rings is 1. The lowest BCUT2D eigenvalue weighted by Crippen LogP contribution is -2.09. The number of nitrogens with zero attached hydrogens (tertiary/aromatic N) is 4. The smallest absolute Gasteiger partial charge is 0.227 e. The second kappa shape index (κ2) is 15.3. The molecule has 0 spiro atoms. The monoisotopic (exact) mass is 828 g/mol. The Labute approximate surface area is 367 Å². The number of benzene rings is 9. The van der Waals surface area contributed by atoms with Gasteiger partial charge in [-0.3, -0.25) is 0 Å². The van der Waals surface area contributed by atoms with Gasteiger partial charge in [0.15, 0.2) is 11.2 Å². The molecule has 298 valence electrons. The van der Waals surface area contributed by atoms with Crippen molar-refractivity contribution in [3.63, 3.8) is 0 Å². The van der Waals surface area contributed by atoms with Gasteiger partial charge >= 0.3 is 0 Å². The highest BCUT2D eigenvalue weighted by Crippen LogP contribution is 2.43. The van der Waals surface area contributed by atoms with E-state index in [1.54, 1.807) is 0 Å². The Morgan fingerprint density at radius 2 is 0.746 bits per heavy atom. The molecule has 0 atom stereocenters. The lowest BCUT2D eigenvalue weighted by atomic mass is 10.0. The van der Waals surface area contributed by atoms with Gasteiger partial charge in [0.25, 0.3) is 0 Å². The fourth-order valence-corrected chi connectivity index (χ4v) is 9.55. The summed E-state index contributed by atoms with van der Waals surface area (Å²) in [6, 6.07) is 76.1. The van der Waals surface area contributed by atoms with E-state index < -0.39 is 0 Å². The maximum Gasteiger partial charge on any atom is 0.227 e. The number of para-hydroxylation sites is 6. The molecule has 0 N–H and O–H groups in total. The molecule has 6 nitrogen and oxygen atoms in total. The van der Waals surface area contributed by atoms with Gasteiger partial charge in [-0.2, -0.15) is 0 Å². The predicted octanol–water partition coefficient (Wildman–Crippen LogP) is 16.3. The topological polar surface area (TPSA) is 58.5 Å². The van der Waals surface area contributed by atoms with Crippen LogP contribution < -0.4 is 9.80 Å². The Morgan fingerprint density at radius 3 is 1.27 bits per heavy atom. The van der Waals surface area contributed by atoms with E-state index in [0.29, 0.717) is 11.8 Å². The average molecular weight is 829 g/mol. The van der Waals surface area contributed by atoms with Crippen molar-refractivity contribution in [1.82, 2.24) is 9.97 Å². The van der Waals surface area contributed by atoms with Crippen LogP contribution in [0.25, 0.3) is 76.4 Å². The Morgan fingerprint density at radius 1 is 0.317 bits per heavy atom. The highest BCUT2D eigenvalue weighted by molar-refractivity contribution is 7.25. The van der Waals surface area contributed by atoms with Gasteiger partial charge in [-0.05, 0) is 145 Å². The summed E-state index contributed by atoms with van der Waals surface area (Å²) in [5.41, 5.74) is 13.9. The minimum absolute atomic E-state index is 0.614. The Bertz CT molecular complexity index is 3490. The highest BCUT2D eigenvalue weighted by atomic mass is 32.1. The van der Waals surface area contributed by atoms with Gasteiger partial charge in [0.2, 0.25) is 11.8 Å². The lowest BCUT2D eigenvalue weighted by molar-refractivity contribution is 0.619. The second-order valence-electron chi connectivity index (χ2n) is 15.4. The van der Waals surface area contributed by atoms with Crippen molar-refractivity contribution in [2.24, 2.45) is 0 Å². The molecule has 0 aliphatic rings. The standard InChI is InChI=1S/C56H36N4O2S/c1-3-11-41(12-4-1)59(44-28-21-38(22-29-44)55-57-49-15-7-9-17-51(49)61-55)43-26-19-37(20-27-43)40-25-34-53-48(35-40)47-33-32-46(36-54(47)63-53)60(42-13-5-2-6-14-42)45-30-23-39(24-31-45)56-58-50-16-8-10-18-52(50)62-56/h1-36H. The average Bonchev–Trinajstić information content (AvgIpc) is 4.08. The van der Waals surface area contributed by atoms with Crippen LogP contribution in [0.5, 0.6) is 0 Å². The summed E-state index contributed by atoms with van der Waals surface area (Å²) in [5, 5.41) is 2.50. The van der Waals surface area contributed by atoms with Gasteiger partial charge in [0.05, 0.1) is 0 Å². The minimum atomic E-state index is 0.614. The maximum absolute atomic E-state index is 6.08. The first-order valence-corrected chi connectivity index (χ1v) is 21.7. The molecule has 3 heterocycles. The third-order valence-electron chi connectivity index (χ3n) is 11.5. The van der Waals surface area contributed by atoms with Crippen molar-refractivity contribution in [2.45, 2.75) is 0 Å². The van der Waals surface area contributed by atoms with Crippen molar-refractivity contribution in [2.75, 3.05) is 9.80 Å². The number of anilines is 6. The van der Waals surface area contributed by atoms with Crippen molar-refractivity contribution < 1.29 is 8.83 Å². The van der Waals surface area contributed by atoms with Crippen LogP contribution >= 0.6 is 11.3 Å². The lowest BCUT2D eigenvalue weighted by Gasteiger charge is -2.25. The summed E-state index contributed by atoms with van der Waals surface area (Å²) in [6.07, 6.45) is 0. The normalized spacial score (nSPS) is 11.5. The van der Waals surface area contributed by atoms with Gasteiger partial charge in [-0.1, -0.05) is 84.9 Å². The first-order valence-electron chi connectivity index (χ1n) is 20.9. The molecule has 12 rings (SSSR count). The number of oxazole rings is 2. The van der Waals surface area contributed by atoms with E-state index in [0.717, 1.165) is 73.0 Å². The van der Waals surface area contributed by atoms with Gasteiger partial charge < -0.3 is 18.6 Å². The third-order valence-corrected chi connectivity index (χ3v) is 12.7. The van der Waals surface area contributed by atoms with Crippen molar-refractivity contribution in [1.29, 1.82) is 0 Å². The number of rotatable bonds is 9. The zero-order valence-corrected chi connectivity index (χ0v) is 34.6. The summed E-state index contributed by atoms with van der Waals surface area (Å²) in [4.78, 5) is 14.0. The molecule has 0 saturated carbocycles. The molecule has 0 bridgehead atoms. The molecular weight excluding hydrogens is 793 g/mol. The molecule has 9 aromatic carbocycles. The molecule has 0 aliphatic heterocycles. The zero-order chi connectivity index (χ0) is 41.7. The summed E-state index contributed by atoms with van der Waals surface area (Å²) < 4.78 is 14.6. The first kappa shape index (κ1) is 36.6. The molecule has 0 unspecified atom stereocenters. The number of fused-ring (bicyclic) bond motifs is 5. The molecule has 7 heteroatoms. The summed E-state index contributed by atoms with van der Waals surface area (Å²) in [5.74, 6) is 1.23. The van der Waals surface area contributed by atoms with Crippen LogP contribution in [0.2, 0.25) is 0 Å². The van der Waals surface area contributed by atoms with Crippen LogP contribution in [0.15, 0.2) is 227 Å². The molecule has 0 aliphatic carbocycles. The van der Waals surface area contributed by atoms with Crippen molar-refractivity contribution in [3.05, 3.63) is 218 Å². The van der Waals surface area contributed by atoms with Gasteiger partial charge in [0.1, 0.15) is 11.0 Å². The fourth-order valence-electron chi connectivity index (χ4n) is 8.43. The molecule has 0 fully saturated rings. The number of aromatic nitrogens is 2. The Hall–Kier alpha value is -8.26. The van der Waals surface area contributed by atoms with Crippen molar-refractivity contribution >= 4 is 87.8 Å². The quantitative estimate of drug-likeness (QED) is 0.144. The van der Waals surface area contributed by atoms with Crippen LogP contribution in [0.3, 0.4) is 0 Å². The van der Waals surface area contributed by atoms with Crippen molar-refractivity contribution in [3.8, 4) is 34.0 Å². The summed E-state index contributed by atoms with van der Waals surface area (Å²) in [7, 11) is 0. The van der Waals surface area contributed by atoms with Crippen LogP contribution in [0, 0.1) is 0 Å². The van der Waals surface area contributed by atoms with Crippen LogP contribution in [0.1, 0.15) is 0 Å². The number of hydrogen-bond donors (Lipinski definition) is 0. The molecule has 12 aromatic rings. The molecule has 0 saturated heterocycles. The van der Waals surface area contributed by atoms with Gasteiger partial charge in [0, 0.05) is 65.4 Å². The second-order valence-corrected chi connectivity index (χ2v) is 16.5. The Kier molecular flexibility index (Phi) is 8.90. The summed E-state index contributed by atoms with van der Waals surface area (Å²) in [6.45, 7) is 0. The predicted molar refractivity (Wildman–Crippen MR) is 260 cm³/mol. The van der Waals surface area contributed by atoms with E-state index in [4.69, 9.17) is 18.8 Å². The van der Waals surface area contributed by atoms with E-state index >= 15 is 0 Å². The van der Waals surface area contributed by atoms with Crippen LogP contribution in [-0.2, 0) is 0 Å². The minimum Gasteiger partial charge on any atom is -0.436 e. The van der Waals surface area contributed by atoms with E-state index in [-0.39, 0.29) is 0 Å². The highest BCUT2D eigenvalue weighted by Gasteiger charge is 2.18. The van der Waals surface area contributed by atoms with Crippen LogP contribution in [0.4, 0.5) is 34.1 Å². The summed E-state index contributed by atoms with van der Waals surface area (Å²) >= 11 is 1.83. The Balaban J connectivity index is 0.848. The van der Waals surface area contributed by atoms with E-state index in [1.807, 2.05) is 65.9 Å². The zero-order valence-electron chi connectivity index (χ0n) is 33.8. The fraction of sp³-hybridized carbons (Fsp3) is 0. The molecule has 63 heavy (non-hydrogen) atoms. The largest absolute Gasteiger partial charge is 0.436 e. The molecule has 0 radical (unpaired) electrons. The molecular formula is C56H36N4O2S. The van der Waals surface area contributed by atoms with E-state index in [9.17, 15) is 0 Å². The van der Waals surface area contributed by atoms with Crippen LogP contribution in [-0.4, -0.2) is 9.97 Å². The SMILES string of the molecule is c1ccc(N(c2ccc(-c3ccc4sc5cc(N(c6ccccc6)c6ccc(-c7nc8ccccc8o7)cc6)ccc5c4c3)cc2)c2ccc(-c3nc4ccccc4o3)cc2)cc1. The third kappa shape index (κ3) is 6.77. The molecule has 0 amide bonds. The number of hydrogen-bond acceptors (Lipinski definition) is 7. The maximum atomic E-state index is 6.08. The first-order chi connectivity index (χ1) is 31.2.